The second kappa shape index (κ2) is 8.68. The fourth-order valence-electron chi connectivity index (χ4n) is 7.58. The monoisotopic (exact) mass is 419 g/mol. The molecule has 3 aliphatic carbocycles. The normalized spacial score (nSPS) is 37.9. The third-order valence-corrected chi connectivity index (χ3v) is 8.92. The Morgan fingerprint density at radius 2 is 2.00 bits per heavy atom. The SMILES string of the molecule is CCC[C@](O)(CF)C[C@@H]1CCC2C(CC[C@@]3(C)C2CC[C@@H]3C(=O)Cn2nccn2)C1. The highest BCUT2D eigenvalue weighted by Crippen LogP contribution is 2.62. The van der Waals surface area contributed by atoms with Gasteiger partial charge in [0.1, 0.15) is 13.2 Å². The van der Waals surface area contributed by atoms with Crippen molar-refractivity contribution in [2.45, 2.75) is 90.2 Å². The third-order valence-electron chi connectivity index (χ3n) is 8.92. The summed E-state index contributed by atoms with van der Waals surface area (Å²) in [5.41, 5.74) is -1.03. The van der Waals surface area contributed by atoms with Crippen molar-refractivity contribution in [1.29, 1.82) is 0 Å². The molecule has 0 aromatic carbocycles. The summed E-state index contributed by atoms with van der Waals surface area (Å²) in [7, 11) is 0. The fraction of sp³-hybridized carbons (Fsp3) is 0.875. The van der Waals surface area contributed by atoms with Gasteiger partial charge < -0.3 is 5.11 Å². The van der Waals surface area contributed by atoms with E-state index in [1.54, 1.807) is 12.4 Å². The molecule has 5 nitrogen and oxygen atoms in total. The molecule has 1 N–H and O–H groups in total. The van der Waals surface area contributed by atoms with Crippen LogP contribution < -0.4 is 0 Å². The minimum absolute atomic E-state index is 0.0973. The maximum Gasteiger partial charge on any atom is 0.159 e. The Labute approximate surface area is 179 Å². The van der Waals surface area contributed by atoms with Crippen LogP contribution in [-0.4, -0.2) is 38.2 Å². The molecule has 0 saturated heterocycles. The zero-order valence-electron chi connectivity index (χ0n) is 18.6. The highest BCUT2D eigenvalue weighted by molar-refractivity contribution is 5.81. The molecule has 3 saturated carbocycles. The van der Waals surface area contributed by atoms with Crippen molar-refractivity contribution in [3.05, 3.63) is 12.4 Å². The molecule has 30 heavy (non-hydrogen) atoms. The molecule has 0 amide bonds. The molecule has 0 spiro atoms. The predicted molar refractivity (Wildman–Crippen MR) is 113 cm³/mol. The molecule has 1 aromatic heterocycles. The van der Waals surface area contributed by atoms with Crippen LogP contribution in [0.2, 0.25) is 0 Å². The fourth-order valence-corrected chi connectivity index (χ4v) is 7.58. The summed E-state index contributed by atoms with van der Waals surface area (Å²) < 4.78 is 13.5. The summed E-state index contributed by atoms with van der Waals surface area (Å²) >= 11 is 0. The predicted octanol–water partition coefficient (Wildman–Crippen LogP) is 4.60. The Balaban J connectivity index is 1.40. The first-order chi connectivity index (χ1) is 14.4. The van der Waals surface area contributed by atoms with Crippen LogP contribution >= 0.6 is 0 Å². The van der Waals surface area contributed by atoms with E-state index in [1.807, 2.05) is 6.92 Å². The van der Waals surface area contributed by atoms with Crippen LogP contribution in [0, 0.1) is 35.0 Å². The van der Waals surface area contributed by atoms with Crippen LogP contribution in [0.1, 0.15) is 78.1 Å². The van der Waals surface area contributed by atoms with Gasteiger partial charge in [-0.3, -0.25) is 4.79 Å². The largest absolute Gasteiger partial charge is 0.387 e. The number of aromatic nitrogens is 3. The summed E-state index contributed by atoms with van der Waals surface area (Å²) in [4.78, 5) is 14.6. The van der Waals surface area contributed by atoms with Gasteiger partial charge in [0.05, 0.1) is 18.0 Å². The van der Waals surface area contributed by atoms with E-state index in [2.05, 4.69) is 17.1 Å². The Hall–Kier alpha value is -1.30. The molecule has 3 aliphatic rings. The quantitative estimate of drug-likeness (QED) is 0.669. The molecule has 6 heteroatoms. The first kappa shape index (κ1) is 21.9. The van der Waals surface area contributed by atoms with Crippen LogP contribution in [0.4, 0.5) is 4.39 Å². The van der Waals surface area contributed by atoms with Crippen molar-refractivity contribution in [2.75, 3.05) is 6.67 Å². The Morgan fingerprint density at radius 1 is 1.23 bits per heavy atom. The van der Waals surface area contributed by atoms with Crippen molar-refractivity contribution in [2.24, 2.45) is 35.0 Å². The topological polar surface area (TPSA) is 68.0 Å². The molecule has 7 atom stereocenters. The van der Waals surface area contributed by atoms with Crippen molar-refractivity contribution in [3.8, 4) is 0 Å². The van der Waals surface area contributed by atoms with Crippen molar-refractivity contribution < 1.29 is 14.3 Å². The molecule has 3 unspecified atom stereocenters. The molecule has 0 aliphatic heterocycles. The summed E-state index contributed by atoms with van der Waals surface area (Å²) in [6, 6.07) is 0. The summed E-state index contributed by atoms with van der Waals surface area (Å²) in [6.45, 7) is 4.03. The molecular formula is C24H38FN3O2. The number of hydrogen-bond donors (Lipinski definition) is 1. The average Bonchev–Trinajstić information content (AvgIpc) is 3.35. The molecule has 1 heterocycles. The third kappa shape index (κ3) is 4.09. The number of nitrogens with zero attached hydrogens (tertiary/aromatic N) is 3. The Morgan fingerprint density at radius 3 is 2.70 bits per heavy atom. The minimum Gasteiger partial charge on any atom is -0.387 e. The molecule has 1 aromatic rings. The zero-order valence-corrected chi connectivity index (χ0v) is 18.6. The van der Waals surface area contributed by atoms with Crippen LogP contribution in [0.15, 0.2) is 12.4 Å². The summed E-state index contributed by atoms with van der Waals surface area (Å²) in [5, 5.41) is 18.9. The standard InChI is InChI=1S/C24H38FN3O2/c1-3-9-24(30,16-25)14-17-4-5-19-18(13-17)8-10-23(2)20(19)6-7-21(23)22(29)15-28-26-11-12-27-28/h11-12,17-21,30H,3-10,13-16H2,1-2H3/t17-,18?,19?,20?,21-,23+,24-/m1/s1. The number of Topliss-reactive ketones (excluding diaryl/α,β-unsaturated/α-hetero) is 1. The summed E-state index contributed by atoms with van der Waals surface area (Å²) in [5.74, 6) is 2.82. The first-order valence-corrected chi connectivity index (χ1v) is 12.0. The van der Waals surface area contributed by atoms with Crippen LogP contribution in [-0.2, 0) is 11.3 Å². The molecule has 3 fully saturated rings. The van der Waals surface area contributed by atoms with Gasteiger partial charge in [0, 0.05) is 5.92 Å². The van der Waals surface area contributed by atoms with Gasteiger partial charge in [-0.1, -0.05) is 26.7 Å². The zero-order chi connectivity index (χ0) is 21.4. The van der Waals surface area contributed by atoms with Gasteiger partial charge >= 0.3 is 0 Å². The Bertz CT molecular complexity index is 726. The lowest BCUT2D eigenvalue weighted by molar-refractivity contribution is -0.130. The lowest BCUT2D eigenvalue weighted by atomic mass is 9.53. The van der Waals surface area contributed by atoms with E-state index >= 15 is 0 Å². The van der Waals surface area contributed by atoms with E-state index in [4.69, 9.17) is 0 Å². The Kier molecular flexibility index (Phi) is 6.34. The number of carbonyl (C=O) groups is 1. The van der Waals surface area contributed by atoms with Gasteiger partial charge in [-0.25, -0.2) is 4.39 Å². The van der Waals surface area contributed by atoms with E-state index in [0.29, 0.717) is 36.5 Å². The van der Waals surface area contributed by atoms with Crippen molar-refractivity contribution in [1.82, 2.24) is 15.0 Å². The number of ketones is 1. The molecule has 4 rings (SSSR count). The van der Waals surface area contributed by atoms with Crippen LogP contribution in [0.5, 0.6) is 0 Å². The van der Waals surface area contributed by atoms with E-state index in [-0.39, 0.29) is 23.7 Å². The highest BCUT2D eigenvalue weighted by Gasteiger charge is 2.56. The lowest BCUT2D eigenvalue weighted by Crippen LogP contribution is -2.46. The smallest absolute Gasteiger partial charge is 0.159 e. The first-order valence-electron chi connectivity index (χ1n) is 12.0. The van der Waals surface area contributed by atoms with E-state index in [0.717, 1.165) is 38.5 Å². The average molecular weight is 420 g/mol. The second-order valence-electron chi connectivity index (χ2n) is 10.7. The number of carbonyl (C=O) groups excluding carboxylic acids is 1. The second-order valence-corrected chi connectivity index (χ2v) is 10.7. The number of fused-ring (bicyclic) bond motifs is 3. The van der Waals surface area contributed by atoms with Crippen molar-refractivity contribution >= 4 is 5.78 Å². The van der Waals surface area contributed by atoms with Gasteiger partial charge in [0.25, 0.3) is 0 Å². The van der Waals surface area contributed by atoms with Gasteiger partial charge in [-0.2, -0.15) is 15.0 Å². The minimum atomic E-state index is -1.12. The number of rotatable bonds is 8. The summed E-state index contributed by atoms with van der Waals surface area (Å²) in [6.07, 6.45) is 13.0. The van der Waals surface area contributed by atoms with E-state index in [9.17, 15) is 14.3 Å². The van der Waals surface area contributed by atoms with Crippen LogP contribution in [0.3, 0.4) is 0 Å². The maximum atomic E-state index is 13.5. The highest BCUT2D eigenvalue weighted by atomic mass is 19.1. The molecule has 168 valence electrons. The van der Waals surface area contributed by atoms with Crippen LogP contribution in [0.25, 0.3) is 0 Å². The lowest BCUT2D eigenvalue weighted by Gasteiger charge is -2.52. The number of hydrogen-bond acceptors (Lipinski definition) is 4. The molecule has 0 radical (unpaired) electrons. The van der Waals surface area contributed by atoms with Gasteiger partial charge in [-0.05, 0) is 80.5 Å². The molecular weight excluding hydrogens is 381 g/mol. The number of aliphatic hydroxyl groups is 1. The maximum absolute atomic E-state index is 13.5. The van der Waals surface area contributed by atoms with Gasteiger partial charge in [-0.15, -0.1) is 0 Å². The molecule has 0 bridgehead atoms. The van der Waals surface area contributed by atoms with E-state index < -0.39 is 12.3 Å². The number of alkyl halides is 1. The van der Waals surface area contributed by atoms with Gasteiger partial charge in [0.15, 0.2) is 5.78 Å². The van der Waals surface area contributed by atoms with E-state index in [1.165, 1.54) is 17.6 Å². The number of halogens is 1. The van der Waals surface area contributed by atoms with Crippen molar-refractivity contribution in [3.63, 3.8) is 0 Å². The van der Waals surface area contributed by atoms with Gasteiger partial charge in [0.2, 0.25) is 0 Å².